The summed E-state index contributed by atoms with van der Waals surface area (Å²) in [5.74, 6) is 0.328. The molecule has 0 radical (unpaired) electrons. The molecule has 0 saturated carbocycles. The number of pyridine rings is 2. The van der Waals surface area contributed by atoms with Gasteiger partial charge in [0.1, 0.15) is 0 Å². The van der Waals surface area contributed by atoms with Gasteiger partial charge in [-0.3, -0.25) is 9.78 Å². The number of fused-ring (bicyclic) bond motifs is 1. The average Bonchev–Trinajstić information content (AvgIpc) is 3.36. The van der Waals surface area contributed by atoms with Crippen molar-refractivity contribution in [3.63, 3.8) is 0 Å². The SMILES string of the molecule is CCOC(=O)N1CC=C(c2cccn3nc(Nc4ccc(C(=O)N(C)c5cccnc5C)cc4)nc23)CC1. The molecule has 0 saturated heterocycles. The molecule has 4 heterocycles. The molecule has 0 unspecified atom stereocenters. The molecule has 0 fully saturated rings. The van der Waals surface area contributed by atoms with Gasteiger partial charge >= 0.3 is 6.09 Å². The minimum Gasteiger partial charge on any atom is -0.450 e. The Morgan fingerprint density at radius 3 is 2.66 bits per heavy atom. The number of carbonyl (C=O) groups excluding carboxylic acids is 2. The molecule has 1 N–H and O–H groups in total. The van der Waals surface area contributed by atoms with E-state index in [9.17, 15) is 9.59 Å². The van der Waals surface area contributed by atoms with Crippen LogP contribution in [0.5, 0.6) is 0 Å². The zero-order valence-corrected chi connectivity index (χ0v) is 21.6. The third kappa shape index (κ3) is 5.06. The maximum atomic E-state index is 13.0. The van der Waals surface area contributed by atoms with Crippen molar-refractivity contribution in [2.75, 3.05) is 37.0 Å². The number of anilines is 3. The van der Waals surface area contributed by atoms with Crippen molar-refractivity contribution in [1.29, 1.82) is 0 Å². The number of ether oxygens (including phenoxy) is 1. The first-order chi connectivity index (χ1) is 18.4. The van der Waals surface area contributed by atoms with Crippen molar-refractivity contribution < 1.29 is 14.3 Å². The second-order valence-electron chi connectivity index (χ2n) is 8.92. The van der Waals surface area contributed by atoms with Crippen LogP contribution in [0.1, 0.15) is 35.0 Å². The molecule has 10 heteroatoms. The molecule has 3 aromatic heterocycles. The Morgan fingerprint density at radius 1 is 1.13 bits per heavy atom. The molecule has 4 aromatic rings. The van der Waals surface area contributed by atoms with Gasteiger partial charge in [-0.1, -0.05) is 6.08 Å². The smallest absolute Gasteiger partial charge is 0.410 e. The van der Waals surface area contributed by atoms with Crippen LogP contribution in [0.25, 0.3) is 11.2 Å². The van der Waals surface area contributed by atoms with Crippen LogP contribution in [0, 0.1) is 6.92 Å². The zero-order valence-electron chi connectivity index (χ0n) is 21.6. The lowest BCUT2D eigenvalue weighted by Gasteiger charge is -2.25. The predicted molar refractivity (Wildman–Crippen MR) is 146 cm³/mol. The number of aryl methyl sites for hydroxylation is 1. The fraction of sp³-hybridized carbons (Fsp3) is 0.250. The molecular weight excluding hydrogens is 482 g/mol. The first-order valence-electron chi connectivity index (χ1n) is 12.5. The van der Waals surface area contributed by atoms with Gasteiger partial charge in [-0.15, -0.1) is 5.10 Å². The fourth-order valence-corrected chi connectivity index (χ4v) is 4.46. The Labute approximate surface area is 220 Å². The van der Waals surface area contributed by atoms with E-state index in [2.05, 4.69) is 15.4 Å². The first-order valence-corrected chi connectivity index (χ1v) is 12.5. The molecule has 1 aliphatic heterocycles. The highest BCUT2D eigenvalue weighted by Crippen LogP contribution is 2.27. The molecule has 38 heavy (non-hydrogen) atoms. The Hall–Kier alpha value is -4.73. The highest BCUT2D eigenvalue weighted by molar-refractivity contribution is 6.06. The highest BCUT2D eigenvalue weighted by Gasteiger charge is 2.21. The Kier molecular flexibility index (Phi) is 7.03. The van der Waals surface area contributed by atoms with Crippen LogP contribution in [0.3, 0.4) is 0 Å². The molecule has 194 valence electrons. The van der Waals surface area contributed by atoms with Gasteiger partial charge in [0.25, 0.3) is 5.91 Å². The van der Waals surface area contributed by atoms with E-state index in [-0.39, 0.29) is 12.0 Å². The summed E-state index contributed by atoms with van der Waals surface area (Å²) in [6, 6.07) is 14.8. The number of nitrogens with zero attached hydrogens (tertiary/aromatic N) is 6. The van der Waals surface area contributed by atoms with E-state index in [1.54, 1.807) is 46.6 Å². The summed E-state index contributed by atoms with van der Waals surface area (Å²) >= 11 is 0. The highest BCUT2D eigenvalue weighted by atomic mass is 16.6. The van der Waals surface area contributed by atoms with Gasteiger partial charge in [-0.05, 0) is 74.4 Å². The Morgan fingerprint density at radius 2 is 1.95 bits per heavy atom. The molecule has 0 bridgehead atoms. The standard InChI is InChI=1S/C28H29N7O3/c1-4-38-28(37)34-17-13-20(14-18-34)23-7-6-16-35-25(23)31-27(32-35)30-22-11-9-21(10-12-22)26(36)33(3)24-8-5-15-29-19(24)2/h5-13,15-16H,4,14,17-18H2,1-3H3,(H,30,32). The van der Waals surface area contributed by atoms with Crippen molar-refractivity contribution >= 4 is 40.5 Å². The molecule has 10 nitrogen and oxygen atoms in total. The summed E-state index contributed by atoms with van der Waals surface area (Å²) < 4.78 is 6.84. The van der Waals surface area contributed by atoms with Crippen LogP contribution in [0.2, 0.25) is 0 Å². The maximum Gasteiger partial charge on any atom is 0.410 e. The van der Waals surface area contributed by atoms with Gasteiger partial charge < -0.3 is 19.9 Å². The Balaban J connectivity index is 1.30. The molecule has 2 amide bonds. The Bertz CT molecular complexity index is 1510. The summed E-state index contributed by atoms with van der Waals surface area (Å²) in [6.45, 7) is 5.13. The lowest BCUT2D eigenvalue weighted by molar-refractivity contribution is 0.0992. The van der Waals surface area contributed by atoms with Gasteiger partial charge in [-0.2, -0.15) is 4.98 Å². The van der Waals surface area contributed by atoms with Gasteiger partial charge in [-0.25, -0.2) is 9.31 Å². The number of aromatic nitrogens is 4. The van der Waals surface area contributed by atoms with Gasteiger partial charge in [0, 0.05) is 49.3 Å². The zero-order chi connectivity index (χ0) is 26.6. The van der Waals surface area contributed by atoms with E-state index >= 15 is 0 Å². The van der Waals surface area contributed by atoms with Gasteiger partial charge in [0.05, 0.1) is 18.0 Å². The monoisotopic (exact) mass is 511 g/mol. The second kappa shape index (κ2) is 10.7. The van der Waals surface area contributed by atoms with E-state index in [0.29, 0.717) is 37.6 Å². The summed E-state index contributed by atoms with van der Waals surface area (Å²) in [7, 11) is 1.74. The number of amides is 2. The summed E-state index contributed by atoms with van der Waals surface area (Å²) in [4.78, 5) is 37.3. The number of hydrogen-bond donors (Lipinski definition) is 1. The molecular formula is C28H29N7O3. The van der Waals surface area contributed by atoms with E-state index < -0.39 is 0 Å². The summed E-state index contributed by atoms with van der Waals surface area (Å²) in [5.41, 5.74) is 5.71. The predicted octanol–water partition coefficient (Wildman–Crippen LogP) is 4.70. The number of rotatable bonds is 6. The third-order valence-corrected chi connectivity index (χ3v) is 6.48. The second-order valence-corrected chi connectivity index (χ2v) is 8.92. The number of carbonyl (C=O) groups is 2. The lowest BCUT2D eigenvalue weighted by Crippen LogP contribution is -2.35. The van der Waals surface area contributed by atoms with E-state index in [4.69, 9.17) is 9.72 Å². The van der Waals surface area contributed by atoms with Crippen LogP contribution in [-0.2, 0) is 4.74 Å². The number of hydrogen-bond acceptors (Lipinski definition) is 7. The normalized spacial score (nSPS) is 13.2. The minimum absolute atomic E-state index is 0.120. The molecule has 1 aromatic carbocycles. The summed E-state index contributed by atoms with van der Waals surface area (Å²) in [6.07, 6.45) is 6.01. The van der Waals surface area contributed by atoms with E-state index in [1.165, 1.54) is 0 Å². The van der Waals surface area contributed by atoms with Crippen molar-refractivity contribution in [2.24, 2.45) is 0 Å². The fourth-order valence-electron chi connectivity index (χ4n) is 4.46. The molecule has 0 atom stereocenters. The van der Waals surface area contributed by atoms with Crippen molar-refractivity contribution in [1.82, 2.24) is 24.5 Å². The average molecular weight is 512 g/mol. The lowest BCUT2D eigenvalue weighted by atomic mass is 10.0. The molecule has 5 rings (SSSR count). The van der Waals surface area contributed by atoms with Crippen molar-refractivity contribution in [3.05, 3.63) is 83.8 Å². The van der Waals surface area contributed by atoms with E-state index in [1.807, 2.05) is 55.6 Å². The number of nitrogens with one attached hydrogen (secondary N) is 1. The molecule has 1 aliphatic rings. The van der Waals surface area contributed by atoms with Gasteiger partial charge in [0.2, 0.25) is 5.95 Å². The minimum atomic E-state index is -0.290. The van der Waals surface area contributed by atoms with Gasteiger partial charge in [0.15, 0.2) is 5.65 Å². The largest absolute Gasteiger partial charge is 0.450 e. The summed E-state index contributed by atoms with van der Waals surface area (Å²) in [5, 5.41) is 7.80. The van der Waals surface area contributed by atoms with Crippen LogP contribution in [0.4, 0.5) is 22.1 Å². The topological polar surface area (TPSA) is 105 Å². The molecule has 0 aliphatic carbocycles. The molecule has 0 spiro atoms. The maximum absolute atomic E-state index is 13.0. The van der Waals surface area contributed by atoms with Crippen LogP contribution < -0.4 is 10.2 Å². The first kappa shape index (κ1) is 24.9. The quantitative estimate of drug-likeness (QED) is 0.400. The van der Waals surface area contributed by atoms with Crippen LogP contribution in [0.15, 0.2) is 67.0 Å². The van der Waals surface area contributed by atoms with E-state index in [0.717, 1.165) is 33.9 Å². The van der Waals surface area contributed by atoms with Crippen molar-refractivity contribution in [3.8, 4) is 0 Å². The number of benzene rings is 1. The van der Waals surface area contributed by atoms with Crippen molar-refractivity contribution in [2.45, 2.75) is 20.3 Å². The van der Waals surface area contributed by atoms with Crippen LogP contribution in [-0.4, -0.2) is 63.2 Å². The van der Waals surface area contributed by atoms with Crippen LogP contribution >= 0.6 is 0 Å². The third-order valence-electron chi connectivity index (χ3n) is 6.48.